The lowest BCUT2D eigenvalue weighted by Gasteiger charge is -2.37. The molecule has 2 atom stereocenters. The van der Waals surface area contributed by atoms with E-state index in [2.05, 4.69) is 42.1 Å². The number of hydrogen-bond acceptors (Lipinski definition) is 4. The summed E-state index contributed by atoms with van der Waals surface area (Å²) in [6, 6.07) is 0.501. The van der Waals surface area contributed by atoms with Crippen molar-refractivity contribution in [2.75, 3.05) is 18.1 Å². The topological polar surface area (TPSA) is 39.1 Å². The third kappa shape index (κ3) is 3.82. The molecule has 2 saturated heterocycles. The van der Waals surface area contributed by atoms with Gasteiger partial charge in [0.1, 0.15) is 0 Å². The van der Waals surface area contributed by atoms with E-state index in [1.807, 2.05) is 18.0 Å². The van der Waals surface area contributed by atoms with Crippen LogP contribution in [0.2, 0.25) is 0 Å². The first-order valence-electron chi connectivity index (χ1n) is 7.96. The summed E-state index contributed by atoms with van der Waals surface area (Å²) >= 11 is 2.03. The van der Waals surface area contributed by atoms with Gasteiger partial charge in [0.15, 0.2) is 0 Å². The molecule has 0 amide bonds. The lowest BCUT2D eigenvalue weighted by Crippen LogP contribution is -2.40. The van der Waals surface area contributed by atoms with Gasteiger partial charge in [-0.3, -0.25) is 4.68 Å². The molecular weight excluding hydrogens is 282 g/mol. The third-order valence-corrected chi connectivity index (χ3v) is 5.61. The Bertz CT molecular complexity index is 474. The molecule has 2 aliphatic rings. The van der Waals surface area contributed by atoms with Crippen LogP contribution in [-0.4, -0.2) is 39.0 Å². The molecule has 1 aromatic rings. The van der Waals surface area contributed by atoms with Gasteiger partial charge in [-0.25, -0.2) is 0 Å². The summed E-state index contributed by atoms with van der Waals surface area (Å²) in [5.74, 6) is 2.40. The molecule has 0 aromatic carbocycles. The van der Waals surface area contributed by atoms with Gasteiger partial charge in [-0.05, 0) is 45.8 Å². The molecule has 1 spiro atoms. The summed E-state index contributed by atoms with van der Waals surface area (Å²) in [4.78, 5) is 0. The molecule has 5 heteroatoms. The minimum Gasteiger partial charge on any atom is -0.374 e. The first kappa shape index (κ1) is 15.4. The van der Waals surface area contributed by atoms with Crippen LogP contribution in [0.5, 0.6) is 0 Å². The zero-order valence-electron chi connectivity index (χ0n) is 13.4. The first-order valence-corrected chi connectivity index (χ1v) is 9.11. The van der Waals surface area contributed by atoms with E-state index < -0.39 is 0 Å². The summed E-state index contributed by atoms with van der Waals surface area (Å²) in [6.07, 6.45) is 7.62. The van der Waals surface area contributed by atoms with Gasteiger partial charge in [-0.1, -0.05) is 0 Å². The maximum absolute atomic E-state index is 6.10. The molecular formula is C16H27N3OS. The highest BCUT2D eigenvalue weighted by Gasteiger charge is 2.41. The Morgan fingerprint density at radius 2 is 2.38 bits per heavy atom. The summed E-state index contributed by atoms with van der Waals surface area (Å²) < 4.78 is 8.28. The molecule has 0 radical (unpaired) electrons. The molecule has 3 rings (SSSR count). The van der Waals surface area contributed by atoms with Crippen molar-refractivity contribution in [2.24, 2.45) is 0 Å². The Labute approximate surface area is 132 Å². The summed E-state index contributed by atoms with van der Waals surface area (Å²) in [5.41, 5.74) is 1.54. The number of rotatable bonds is 3. The van der Waals surface area contributed by atoms with Crippen LogP contribution in [-0.2, 0) is 11.3 Å². The molecule has 118 valence electrons. The van der Waals surface area contributed by atoms with E-state index in [-0.39, 0.29) is 11.1 Å². The molecule has 1 aromatic heterocycles. The molecule has 3 heterocycles. The molecule has 0 bridgehead atoms. The fourth-order valence-electron chi connectivity index (χ4n) is 3.13. The smallest absolute Gasteiger partial charge is 0.0800 e. The van der Waals surface area contributed by atoms with Crippen LogP contribution >= 0.6 is 11.8 Å². The summed E-state index contributed by atoms with van der Waals surface area (Å²) in [5, 5.41) is 8.13. The Morgan fingerprint density at radius 1 is 1.52 bits per heavy atom. The van der Waals surface area contributed by atoms with Crippen LogP contribution in [0.4, 0.5) is 0 Å². The van der Waals surface area contributed by atoms with Gasteiger partial charge >= 0.3 is 0 Å². The van der Waals surface area contributed by atoms with E-state index in [1.54, 1.807) is 0 Å². The number of ether oxygens (including phenoxy) is 1. The van der Waals surface area contributed by atoms with Gasteiger partial charge in [-0.15, -0.1) is 0 Å². The van der Waals surface area contributed by atoms with Crippen molar-refractivity contribution in [1.82, 2.24) is 15.1 Å². The maximum Gasteiger partial charge on any atom is 0.0800 e. The van der Waals surface area contributed by atoms with Gasteiger partial charge in [0.05, 0.1) is 17.8 Å². The minimum absolute atomic E-state index is 0.128. The summed E-state index contributed by atoms with van der Waals surface area (Å²) in [6.45, 7) is 8.33. The van der Waals surface area contributed by atoms with Gasteiger partial charge in [0.25, 0.3) is 0 Å². The van der Waals surface area contributed by atoms with Crippen molar-refractivity contribution < 1.29 is 4.74 Å². The van der Waals surface area contributed by atoms with Crippen LogP contribution in [0.25, 0.3) is 0 Å². The highest BCUT2D eigenvalue weighted by Crippen LogP contribution is 2.41. The number of aromatic nitrogens is 2. The van der Waals surface area contributed by atoms with Crippen LogP contribution in [0.1, 0.15) is 51.6 Å². The van der Waals surface area contributed by atoms with Crippen molar-refractivity contribution >= 4 is 11.8 Å². The van der Waals surface area contributed by atoms with Gasteiger partial charge in [-0.2, -0.15) is 16.9 Å². The van der Waals surface area contributed by atoms with Crippen molar-refractivity contribution in [3.63, 3.8) is 0 Å². The fourth-order valence-corrected chi connectivity index (χ4v) is 4.50. The zero-order chi connectivity index (χ0) is 14.9. The second kappa shape index (κ2) is 5.94. The molecule has 0 saturated carbocycles. The highest BCUT2D eigenvalue weighted by molar-refractivity contribution is 7.99. The first-order chi connectivity index (χ1) is 9.96. The van der Waals surface area contributed by atoms with Crippen LogP contribution in [0, 0.1) is 0 Å². The van der Waals surface area contributed by atoms with Crippen LogP contribution in [0.3, 0.4) is 0 Å². The van der Waals surface area contributed by atoms with Gasteiger partial charge < -0.3 is 10.1 Å². The number of nitrogens with one attached hydrogen (secondary N) is 1. The Hall–Kier alpha value is -0.520. The van der Waals surface area contributed by atoms with Crippen molar-refractivity contribution in [2.45, 2.75) is 63.8 Å². The summed E-state index contributed by atoms with van der Waals surface area (Å²) in [7, 11) is 0. The largest absolute Gasteiger partial charge is 0.374 e. The van der Waals surface area contributed by atoms with Crippen molar-refractivity contribution in [3.8, 4) is 0 Å². The molecule has 1 N–H and O–H groups in total. The van der Waals surface area contributed by atoms with E-state index >= 15 is 0 Å². The lowest BCUT2D eigenvalue weighted by molar-refractivity contribution is -0.0778. The molecule has 0 aliphatic carbocycles. The van der Waals surface area contributed by atoms with E-state index in [9.17, 15) is 0 Å². The number of thioether (sulfide) groups is 1. The second-order valence-electron chi connectivity index (χ2n) is 7.41. The number of hydrogen-bond donors (Lipinski definition) is 1. The minimum atomic E-state index is 0.128. The Morgan fingerprint density at radius 3 is 3.10 bits per heavy atom. The average Bonchev–Trinajstić information content (AvgIpc) is 3.06. The standard InChI is InChI=1S/C16H27N3OS/c1-15(2,3)17-9-13-10-18-19(11-13)14-4-6-20-16(8-14)5-7-21-12-16/h10-11,14,17H,4-9,12H2,1-3H3. The predicted octanol–water partition coefficient (Wildman–Crippen LogP) is 3.00. The van der Waals surface area contributed by atoms with Gasteiger partial charge in [0, 0.05) is 36.2 Å². The third-order valence-electron chi connectivity index (χ3n) is 4.39. The fraction of sp³-hybridized carbons (Fsp3) is 0.812. The predicted molar refractivity (Wildman–Crippen MR) is 87.7 cm³/mol. The van der Waals surface area contributed by atoms with Crippen LogP contribution in [0.15, 0.2) is 12.4 Å². The quantitative estimate of drug-likeness (QED) is 0.931. The van der Waals surface area contributed by atoms with E-state index in [4.69, 9.17) is 4.74 Å². The van der Waals surface area contributed by atoms with E-state index in [0.29, 0.717) is 6.04 Å². The SMILES string of the molecule is CC(C)(C)NCc1cnn(C2CCOC3(CCSC3)C2)c1. The highest BCUT2D eigenvalue weighted by atomic mass is 32.2. The van der Waals surface area contributed by atoms with Crippen molar-refractivity contribution in [1.29, 1.82) is 0 Å². The monoisotopic (exact) mass is 309 g/mol. The zero-order valence-corrected chi connectivity index (χ0v) is 14.2. The lowest BCUT2D eigenvalue weighted by atomic mass is 9.90. The maximum atomic E-state index is 6.10. The van der Waals surface area contributed by atoms with Crippen LogP contribution < -0.4 is 5.32 Å². The molecule has 2 fully saturated rings. The molecule has 4 nitrogen and oxygen atoms in total. The average molecular weight is 309 g/mol. The van der Waals surface area contributed by atoms with Gasteiger partial charge in [0.2, 0.25) is 0 Å². The Kier molecular flexibility index (Phi) is 4.35. The number of nitrogens with zero attached hydrogens (tertiary/aromatic N) is 2. The Balaban J connectivity index is 1.63. The molecule has 21 heavy (non-hydrogen) atoms. The second-order valence-corrected chi connectivity index (χ2v) is 8.52. The van der Waals surface area contributed by atoms with Crippen molar-refractivity contribution in [3.05, 3.63) is 18.0 Å². The van der Waals surface area contributed by atoms with E-state index in [0.717, 1.165) is 31.7 Å². The molecule has 2 unspecified atom stereocenters. The van der Waals surface area contributed by atoms with E-state index in [1.165, 1.54) is 17.7 Å². The normalized spacial score (nSPS) is 30.1. The molecule has 2 aliphatic heterocycles.